The fourth-order valence-electron chi connectivity index (χ4n) is 5.05. The first kappa shape index (κ1) is 20.8. The lowest BCUT2D eigenvalue weighted by molar-refractivity contribution is 0.0193. The highest BCUT2D eigenvalue weighted by molar-refractivity contribution is 6.10. The number of hydrogen-bond acceptors (Lipinski definition) is 4. The number of piperidine rings is 1. The predicted molar refractivity (Wildman–Crippen MR) is 125 cm³/mol. The minimum absolute atomic E-state index is 0.0245. The molecule has 3 heterocycles. The summed E-state index contributed by atoms with van der Waals surface area (Å²) in [5.74, 6) is 1.73. The van der Waals surface area contributed by atoms with Gasteiger partial charge in [0.15, 0.2) is 11.4 Å². The van der Waals surface area contributed by atoms with E-state index in [1.807, 2.05) is 63.4 Å². The van der Waals surface area contributed by atoms with Crippen LogP contribution in [0.2, 0.25) is 0 Å². The fraction of sp³-hybridized carbons (Fsp3) is 0.370. The van der Waals surface area contributed by atoms with E-state index in [4.69, 9.17) is 9.47 Å². The molecule has 0 radical (unpaired) electrons. The Labute approximate surface area is 189 Å². The monoisotopic (exact) mass is 430 g/mol. The van der Waals surface area contributed by atoms with E-state index < -0.39 is 5.60 Å². The van der Waals surface area contributed by atoms with Gasteiger partial charge in [-0.15, -0.1) is 0 Å². The Balaban J connectivity index is 1.63. The summed E-state index contributed by atoms with van der Waals surface area (Å²) < 4.78 is 14.8. The van der Waals surface area contributed by atoms with E-state index in [1.54, 1.807) is 0 Å². The number of fused-ring (bicyclic) bond motifs is 4. The normalized spacial score (nSPS) is 16.4. The Hall–Kier alpha value is -3.05. The average molecular weight is 431 g/mol. The van der Waals surface area contributed by atoms with E-state index >= 15 is 0 Å². The SMILES string of the molecule is Cc1cc(C(=O)c2ccn3c2C2(CCNCC2)Oc2cccc(C)c2-3)ccc1OC(C)C. The molecule has 0 aliphatic carbocycles. The third-order valence-corrected chi connectivity index (χ3v) is 6.52. The minimum Gasteiger partial charge on any atom is -0.491 e. The maximum Gasteiger partial charge on any atom is 0.195 e. The van der Waals surface area contributed by atoms with Gasteiger partial charge in [0.25, 0.3) is 0 Å². The van der Waals surface area contributed by atoms with Crippen LogP contribution < -0.4 is 14.8 Å². The van der Waals surface area contributed by atoms with Crippen molar-refractivity contribution in [2.75, 3.05) is 13.1 Å². The summed E-state index contributed by atoms with van der Waals surface area (Å²) in [5.41, 5.74) is 4.99. The van der Waals surface area contributed by atoms with Crippen LogP contribution >= 0.6 is 0 Å². The molecule has 1 fully saturated rings. The molecule has 166 valence electrons. The molecule has 0 amide bonds. The topological polar surface area (TPSA) is 52.5 Å². The summed E-state index contributed by atoms with van der Waals surface area (Å²) in [6.45, 7) is 9.81. The number of nitrogens with zero attached hydrogens (tertiary/aromatic N) is 1. The molecule has 0 bridgehead atoms. The smallest absolute Gasteiger partial charge is 0.195 e. The number of nitrogens with one attached hydrogen (secondary N) is 1. The van der Waals surface area contributed by atoms with Gasteiger partial charge in [0, 0.05) is 30.2 Å². The Bertz CT molecular complexity index is 1190. The minimum atomic E-state index is -0.504. The molecule has 5 rings (SSSR count). The van der Waals surface area contributed by atoms with E-state index in [0.717, 1.165) is 65.5 Å². The Morgan fingerprint density at radius 2 is 1.88 bits per heavy atom. The molecule has 32 heavy (non-hydrogen) atoms. The second-order valence-corrected chi connectivity index (χ2v) is 9.19. The fourth-order valence-corrected chi connectivity index (χ4v) is 5.05. The van der Waals surface area contributed by atoms with Crippen molar-refractivity contribution in [3.05, 3.63) is 76.6 Å². The van der Waals surface area contributed by atoms with Gasteiger partial charge in [0.05, 0.1) is 17.5 Å². The van der Waals surface area contributed by atoms with Gasteiger partial charge in [-0.1, -0.05) is 12.1 Å². The van der Waals surface area contributed by atoms with Crippen LogP contribution in [0.3, 0.4) is 0 Å². The van der Waals surface area contributed by atoms with Gasteiger partial charge in [-0.3, -0.25) is 4.79 Å². The standard InChI is InChI=1S/C27H30N2O3/c1-17(2)31-22-9-8-20(16-19(22)4)25(30)21-10-15-29-24-18(3)6-5-7-23(24)32-27(26(21)29)11-13-28-14-12-27/h5-10,15-17,28H,11-14H2,1-4H3. The van der Waals surface area contributed by atoms with Crippen molar-refractivity contribution in [2.24, 2.45) is 0 Å². The molecular formula is C27H30N2O3. The number of para-hydroxylation sites is 1. The quantitative estimate of drug-likeness (QED) is 0.586. The van der Waals surface area contributed by atoms with E-state index in [2.05, 4.69) is 22.9 Å². The molecule has 5 heteroatoms. The third-order valence-electron chi connectivity index (χ3n) is 6.52. The number of benzene rings is 2. The van der Waals surface area contributed by atoms with Crippen LogP contribution in [0, 0.1) is 13.8 Å². The number of carbonyl (C=O) groups excluding carboxylic acids is 1. The molecule has 2 aromatic carbocycles. The summed E-state index contributed by atoms with van der Waals surface area (Å²) in [5, 5.41) is 3.44. The highest BCUT2D eigenvalue weighted by Gasteiger charge is 2.45. The molecule has 1 N–H and O–H groups in total. The van der Waals surface area contributed by atoms with Crippen LogP contribution in [0.1, 0.15) is 59.4 Å². The second-order valence-electron chi connectivity index (χ2n) is 9.19. The lowest BCUT2D eigenvalue weighted by Crippen LogP contribution is -2.47. The summed E-state index contributed by atoms with van der Waals surface area (Å²) in [7, 11) is 0. The highest BCUT2D eigenvalue weighted by atomic mass is 16.5. The Morgan fingerprint density at radius 1 is 1.09 bits per heavy atom. The van der Waals surface area contributed by atoms with Crippen molar-refractivity contribution < 1.29 is 14.3 Å². The van der Waals surface area contributed by atoms with Gasteiger partial charge in [0.1, 0.15) is 11.5 Å². The van der Waals surface area contributed by atoms with Crippen molar-refractivity contribution in [3.63, 3.8) is 0 Å². The molecule has 1 spiro atoms. The summed E-state index contributed by atoms with van der Waals surface area (Å²) in [6, 6.07) is 13.8. The largest absolute Gasteiger partial charge is 0.491 e. The van der Waals surface area contributed by atoms with E-state index in [0.29, 0.717) is 5.56 Å². The number of ether oxygens (including phenoxy) is 2. The highest BCUT2D eigenvalue weighted by Crippen LogP contribution is 2.47. The van der Waals surface area contributed by atoms with Crippen molar-refractivity contribution in [1.82, 2.24) is 9.88 Å². The number of ketones is 1. The first-order valence-electron chi connectivity index (χ1n) is 11.4. The number of carbonyl (C=O) groups is 1. The molecule has 0 saturated carbocycles. The van der Waals surface area contributed by atoms with Crippen LogP contribution in [0.25, 0.3) is 5.69 Å². The molecular weight excluding hydrogens is 400 g/mol. The first-order valence-corrected chi connectivity index (χ1v) is 11.4. The van der Waals surface area contributed by atoms with Gasteiger partial charge < -0.3 is 19.4 Å². The average Bonchev–Trinajstić information content (AvgIpc) is 3.21. The summed E-state index contributed by atoms with van der Waals surface area (Å²) in [6.07, 6.45) is 3.77. The zero-order valence-electron chi connectivity index (χ0n) is 19.2. The molecule has 5 nitrogen and oxygen atoms in total. The Kier molecular flexibility index (Phi) is 5.09. The van der Waals surface area contributed by atoms with Crippen molar-refractivity contribution >= 4 is 5.78 Å². The van der Waals surface area contributed by atoms with E-state index in [1.165, 1.54) is 0 Å². The van der Waals surface area contributed by atoms with Crippen LogP contribution in [-0.4, -0.2) is 29.5 Å². The molecule has 0 unspecified atom stereocenters. The van der Waals surface area contributed by atoms with Crippen molar-refractivity contribution in [2.45, 2.75) is 52.2 Å². The molecule has 1 aromatic heterocycles. The van der Waals surface area contributed by atoms with E-state index in [-0.39, 0.29) is 11.9 Å². The number of aryl methyl sites for hydroxylation is 2. The van der Waals surface area contributed by atoms with E-state index in [9.17, 15) is 4.79 Å². The van der Waals surface area contributed by atoms with Gasteiger partial charge in [0.2, 0.25) is 0 Å². The zero-order valence-corrected chi connectivity index (χ0v) is 19.2. The first-order chi connectivity index (χ1) is 15.4. The molecule has 1 saturated heterocycles. The molecule has 0 atom stereocenters. The number of aromatic nitrogens is 1. The molecule has 3 aromatic rings. The zero-order chi connectivity index (χ0) is 22.5. The molecule has 2 aliphatic heterocycles. The van der Waals surface area contributed by atoms with Gasteiger partial charge in [-0.05, 0) is 82.2 Å². The molecule has 2 aliphatic rings. The maximum atomic E-state index is 13.8. The summed E-state index contributed by atoms with van der Waals surface area (Å²) >= 11 is 0. The Morgan fingerprint density at radius 3 is 2.59 bits per heavy atom. The number of hydrogen-bond donors (Lipinski definition) is 1. The maximum absolute atomic E-state index is 13.8. The van der Waals surface area contributed by atoms with Gasteiger partial charge >= 0.3 is 0 Å². The van der Waals surface area contributed by atoms with Gasteiger partial charge in [-0.25, -0.2) is 0 Å². The van der Waals surface area contributed by atoms with Crippen molar-refractivity contribution in [1.29, 1.82) is 0 Å². The van der Waals surface area contributed by atoms with Crippen LogP contribution in [-0.2, 0) is 5.60 Å². The lowest BCUT2D eigenvalue weighted by Gasteiger charge is -2.43. The number of rotatable bonds is 4. The second kappa shape index (κ2) is 7.82. The van der Waals surface area contributed by atoms with Crippen molar-refractivity contribution in [3.8, 4) is 17.2 Å². The van der Waals surface area contributed by atoms with Gasteiger partial charge in [-0.2, -0.15) is 0 Å². The van der Waals surface area contributed by atoms with Crippen LogP contribution in [0.5, 0.6) is 11.5 Å². The predicted octanol–water partition coefficient (Wildman–Crippen LogP) is 5.08. The third kappa shape index (κ3) is 3.32. The van der Waals surface area contributed by atoms with Crippen LogP contribution in [0.15, 0.2) is 48.7 Å². The lowest BCUT2D eigenvalue weighted by atomic mass is 9.83. The summed E-state index contributed by atoms with van der Waals surface area (Å²) in [4.78, 5) is 13.8. The van der Waals surface area contributed by atoms with Crippen LogP contribution in [0.4, 0.5) is 0 Å².